The third-order valence-electron chi connectivity index (χ3n) is 5.04. The van der Waals surface area contributed by atoms with Crippen molar-refractivity contribution in [2.45, 2.75) is 39.5 Å². The maximum atomic E-state index is 12.7. The second kappa shape index (κ2) is 8.93. The van der Waals surface area contributed by atoms with Crippen LogP contribution in [0.4, 0.5) is 11.5 Å². The maximum Gasteiger partial charge on any atom is 0.281 e. The van der Waals surface area contributed by atoms with Gasteiger partial charge in [-0.3, -0.25) is 9.97 Å². The Balaban J connectivity index is 1.70. The minimum Gasteiger partial charge on any atom is -0.339 e. The predicted octanol–water partition coefficient (Wildman–Crippen LogP) is 2.69. The molecule has 0 spiro atoms. The van der Waals surface area contributed by atoms with Crippen LogP contribution in [0.3, 0.4) is 0 Å². The zero-order valence-electron chi connectivity index (χ0n) is 16.7. The Kier molecular flexibility index (Phi) is 6.58. The Morgan fingerprint density at radius 2 is 1.89 bits per heavy atom. The van der Waals surface area contributed by atoms with E-state index in [1.54, 1.807) is 22.9 Å². The summed E-state index contributed by atoms with van der Waals surface area (Å²) in [7, 11) is -3.37. The summed E-state index contributed by atoms with van der Waals surface area (Å²) in [6.07, 6.45) is 6.48. The van der Waals surface area contributed by atoms with Crippen LogP contribution >= 0.6 is 0 Å². The first-order valence-corrected chi connectivity index (χ1v) is 11.1. The number of aromatic nitrogens is 3. The normalized spacial score (nSPS) is 16.4. The Morgan fingerprint density at radius 3 is 2.50 bits per heavy atom. The number of rotatable bonds is 7. The zero-order valence-corrected chi connectivity index (χ0v) is 17.5. The highest BCUT2D eigenvalue weighted by Crippen LogP contribution is 2.30. The molecule has 0 aliphatic carbocycles. The quantitative estimate of drug-likeness (QED) is 0.763. The van der Waals surface area contributed by atoms with Gasteiger partial charge < -0.3 is 5.32 Å². The van der Waals surface area contributed by atoms with Crippen LogP contribution in [0.5, 0.6) is 0 Å². The van der Waals surface area contributed by atoms with Gasteiger partial charge in [0, 0.05) is 61.6 Å². The Labute approximate surface area is 167 Å². The van der Waals surface area contributed by atoms with Crippen molar-refractivity contribution in [1.82, 2.24) is 23.6 Å². The molecule has 2 aromatic rings. The van der Waals surface area contributed by atoms with E-state index >= 15 is 0 Å². The van der Waals surface area contributed by atoms with Gasteiger partial charge in [-0.25, -0.2) is 4.98 Å². The van der Waals surface area contributed by atoms with Gasteiger partial charge in [-0.15, -0.1) is 0 Å². The molecule has 0 unspecified atom stereocenters. The van der Waals surface area contributed by atoms with Gasteiger partial charge in [0.15, 0.2) is 0 Å². The van der Waals surface area contributed by atoms with Crippen LogP contribution in [-0.4, -0.2) is 58.2 Å². The third kappa shape index (κ3) is 4.65. The van der Waals surface area contributed by atoms with Crippen molar-refractivity contribution in [1.29, 1.82) is 0 Å². The molecule has 3 rings (SSSR count). The molecular weight excluding hydrogens is 376 g/mol. The summed E-state index contributed by atoms with van der Waals surface area (Å²) in [4.78, 5) is 13.0. The molecule has 2 aromatic heterocycles. The molecule has 0 atom stereocenters. The lowest BCUT2D eigenvalue weighted by atomic mass is 9.93. The summed E-state index contributed by atoms with van der Waals surface area (Å²) in [5.41, 5.74) is 2.83. The van der Waals surface area contributed by atoms with Gasteiger partial charge in [-0.2, -0.15) is 17.0 Å². The Bertz CT molecular complexity index is 879. The van der Waals surface area contributed by atoms with Crippen molar-refractivity contribution in [2.24, 2.45) is 0 Å². The molecule has 9 heteroatoms. The number of hydrogen-bond acceptors (Lipinski definition) is 6. The second-order valence-electron chi connectivity index (χ2n) is 6.90. The topological polar surface area (TPSA) is 91.3 Å². The van der Waals surface area contributed by atoms with Crippen molar-refractivity contribution < 1.29 is 8.42 Å². The van der Waals surface area contributed by atoms with Crippen LogP contribution in [0.25, 0.3) is 0 Å². The highest BCUT2D eigenvalue weighted by molar-refractivity contribution is 7.86. The fraction of sp³-hybridized carbons (Fsp3) is 0.526. The molecule has 1 N–H and O–H groups in total. The lowest BCUT2D eigenvalue weighted by molar-refractivity contribution is 0.289. The summed E-state index contributed by atoms with van der Waals surface area (Å²) >= 11 is 0. The molecule has 28 heavy (non-hydrogen) atoms. The van der Waals surface area contributed by atoms with Gasteiger partial charge >= 0.3 is 0 Å². The molecule has 0 radical (unpaired) electrons. The van der Waals surface area contributed by atoms with E-state index in [-0.39, 0.29) is 5.92 Å². The standard InChI is InChI=1S/C19H28N6O2S/c1-4-24(5-2)28(26,27)25-10-6-16(7-11-25)18-13-17(12-15(3)22-18)23-19-14-20-8-9-21-19/h8-9,12-14,16H,4-7,10-11H2,1-3H3,(H,21,22,23). The average Bonchev–Trinajstić information content (AvgIpc) is 2.69. The molecule has 152 valence electrons. The van der Waals surface area contributed by atoms with Gasteiger partial charge in [0.1, 0.15) is 5.82 Å². The number of pyridine rings is 1. The number of anilines is 2. The van der Waals surface area contributed by atoms with Crippen LogP contribution in [0.2, 0.25) is 0 Å². The van der Waals surface area contributed by atoms with Crippen molar-refractivity contribution in [3.05, 3.63) is 42.1 Å². The Morgan fingerprint density at radius 1 is 1.18 bits per heavy atom. The van der Waals surface area contributed by atoms with Gasteiger partial charge in [0.05, 0.1) is 6.20 Å². The second-order valence-corrected chi connectivity index (χ2v) is 8.83. The zero-order chi connectivity index (χ0) is 20.1. The maximum absolute atomic E-state index is 12.7. The molecule has 1 fully saturated rings. The molecule has 1 saturated heterocycles. The number of piperidine rings is 1. The minimum atomic E-state index is -3.37. The number of aryl methyl sites for hydroxylation is 1. The number of nitrogens with one attached hydrogen (secondary N) is 1. The number of nitrogens with zero attached hydrogens (tertiary/aromatic N) is 5. The molecule has 8 nitrogen and oxygen atoms in total. The van der Waals surface area contributed by atoms with Gasteiger partial charge in [0.2, 0.25) is 0 Å². The van der Waals surface area contributed by atoms with E-state index in [2.05, 4.69) is 15.3 Å². The van der Waals surface area contributed by atoms with Gasteiger partial charge in [0.25, 0.3) is 10.2 Å². The summed E-state index contributed by atoms with van der Waals surface area (Å²) in [6, 6.07) is 4.00. The van der Waals surface area contributed by atoms with E-state index in [0.717, 1.165) is 29.9 Å². The largest absolute Gasteiger partial charge is 0.339 e. The van der Waals surface area contributed by atoms with Crippen LogP contribution in [0.15, 0.2) is 30.7 Å². The van der Waals surface area contributed by atoms with Crippen molar-refractivity contribution in [3.63, 3.8) is 0 Å². The molecule has 0 aromatic carbocycles. The first kappa shape index (κ1) is 20.6. The SMILES string of the molecule is CCN(CC)S(=O)(=O)N1CCC(c2cc(Nc3cnccn3)cc(C)n2)CC1. The molecule has 0 amide bonds. The van der Waals surface area contributed by atoms with Crippen molar-refractivity contribution in [2.75, 3.05) is 31.5 Å². The van der Waals surface area contributed by atoms with E-state index in [9.17, 15) is 8.42 Å². The van der Waals surface area contributed by atoms with E-state index < -0.39 is 10.2 Å². The fourth-order valence-corrected chi connectivity index (χ4v) is 5.23. The monoisotopic (exact) mass is 404 g/mol. The summed E-state index contributed by atoms with van der Waals surface area (Å²) < 4.78 is 28.5. The average molecular weight is 405 g/mol. The molecule has 0 saturated carbocycles. The number of hydrogen-bond donors (Lipinski definition) is 1. The molecule has 0 bridgehead atoms. The van der Waals surface area contributed by atoms with Gasteiger partial charge in [-0.1, -0.05) is 13.8 Å². The minimum absolute atomic E-state index is 0.241. The van der Waals surface area contributed by atoms with Crippen molar-refractivity contribution in [3.8, 4) is 0 Å². The van der Waals surface area contributed by atoms with Gasteiger partial charge in [-0.05, 0) is 31.9 Å². The predicted molar refractivity (Wildman–Crippen MR) is 110 cm³/mol. The molecule has 1 aliphatic rings. The van der Waals surface area contributed by atoms with Crippen LogP contribution < -0.4 is 5.32 Å². The lowest BCUT2D eigenvalue weighted by Crippen LogP contribution is -2.46. The fourth-order valence-electron chi connectivity index (χ4n) is 3.58. The van der Waals surface area contributed by atoms with E-state index in [1.165, 1.54) is 4.31 Å². The molecule has 3 heterocycles. The first-order chi connectivity index (χ1) is 13.4. The lowest BCUT2D eigenvalue weighted by Gasteiger charge is -2.34. The Hall–Kier alpha value is -2.10. The summed E-state index contributed by atoms with van der Waals surface area (Å²) in [6.45, 7) is 7.74. The third-order valence-corrected chi connectivity index (χ3v) is 7.23. The highest BCUT2D eigenvalue weighted by atomic mass is 32.2. The van der Waals surface area contributed by atoms with Crippen LogP contribution in [0, 0.1) is 6.92 Å². The molecular formula is C19H28N6O2S. The van der Waals surface area contributed by atoms with E-state index in [1.807, 2.05) is 32.9 Å². The molecule has 1 aliphatic heterocycles. The van der Waals surface area contributed by atoms with Crippen LogP contribution in [-0.2, 0) is 10.2 Å². The highest BCUT2D eigenvalue weighted by Gasteiger charge is 2.32. The first-order valence-electron chi connectivity index (χ1n) is 9.70. The smallest absolute Gasteiger partial charge is 0.281 e. The van der Waals surface area contributed by atoms with E-state index in [4.69, 9.17) is 4.98 Å². The summed E-state index contributed by atoms with van der Waals surface area (Å²) in [5, 5.41) is 3.26. The summed E-state index contributed by atoms with van der Waals surface area (Å²) in [5.74, 6) is 0.921. The van der Waals surface area contributed by atoms with E-state index in [0.29, 0.717) is 32.0 Å². The van der Waals surface area contributed by atoms with Crippen molar-refractivity contribution >= 4 is 21.7 Å². The van der Waals surface area contributed by atoms with Crippen LogP contribution in [0.1, 0.15) is 44.0 Å².